The molecule has 0 unspecified atom stereocenters. The molecule has 0 bridgehead atoms. The number of hydrogen-bond acceptors (Lipinski definition) is 5. The van der Waals surface area contributed by atoms with Crippen molar-refractivity contribution in [2.45, 2.75) is 12.8 Å². The smallest absolute Gasteiger partial charge is 0.307 e. The fraction of sp³-hybridized carbons (Fsp3) is 0.467. The van der Waals surface area contributed by atoms with Crippen LogP contribution in [0.2, 0.25) is 0 Å². The number of carbonyl (C=O) groups excluding carboxylic acids is 2. The number of esters is 1. The average Bonchev–Trinajstić information content (AvgIpc) is 2.49. The summed E-state index contributed by atoms with van der Waals surface area (Å²) < 4.78 is 9.54. The molecule has 0 aliphatic carbocycles. The molecule has 0 heterocycles. The van der Waals surface area contributed by atoms with E-state index in [-0.39, 0.29) is 37.0 Å². The maximum Gasteiger partial charge on any atom is 0.307 e. The fourth-order valence-electron chi connectivity index (χ4n) is 1.83. The molecule has 1 rings (SSSR count). The second-order valence-corrected chi connectivity index (χ2v) is 4.51. The van der Waals surface area contributed by atoms with E-state index in [4.69, 9.17) is 4.74 Å². The van der Waals surface area contributed by atoms with E-state index in [0.717, 1.165) is 0 Å². The van der Waals surface area contributed by atoms with Crippen molar-refractivity contribution in [2.75, 3.05) is 33.9 Å². The fourth-order valence-corrected chi connectivity index (χ4v) is 1.83. The third-order valence-electron chi connectivity index (χ3n) is 3.06. The molecule has 0 spiro atoms. The summed E-state index contributed by atoms with van der Waals surface area (Å²) in [6.45, 7) is 1.04. The van der Waals surface area contributed by atoms with E-state index in [0.29, 0.717) is 18.7 Å². The minimum Gasteiger partial charge on any atom is -0.508 e. The van der Waals surface area contributed by atoms with Crippen molar-refractivity contribution in [1.82, 2.24) is 4.90 Å². The predicted octanol–water partition coefficient (Wildman–Crippen LogP) is 0.973. The van der Waals surface area contributed by atoms with Gasteiger partial charge < -0.3 is 19.5 Å². The molecule has 1 N–H and O–H groups in total. The average molecular weight is 295 g/mol. The second kappa shape index (κ2) is 8.97. The number of carbonyl (C=O) groups is 2. The lowest BCUT2D eigenvalue weighted by atomic mass is 10.1. The van der Waals surface area contributed by atoms with E-state index in [1.807, 2.05) is 0 Å². The van der Waals surface area contributed by atoms with Crippen LogP contribution in [0.1, 0.15) is 12.0 Å². The van der Waals surface area contributed by atoms with Crippen molar-refractivity contribution in [3.8, 4) is 5.75 Å². The van der Waals surface area contributed by atoms with Crippen LogP contribution in [0, 0.1) is 0 Å². The van der Waals surface area contributed by atoms with Gasteiger partial charge in [0.05, 0.1) is 26.6 Å². The maximum absolute atomic E-state index is 12.3. The monoisotopic (exact) mass is 295 g/mol. The number of para-hydroxylation sites is 1. The number of methoxy groups -OCH3 is 2. The van der Waals surface area contributed by atoms with Gasteiger partial charge in [-0.1, -0.05) is 18.2 Å². The second-order valence-electron chi connectivity index (χ2n) is 4.51. The van der Waals surface area contributed by atoms with E-state index in [2.05, 4.69) is 4.74 Å². The lowest BCUT2D eigenvalue weighted by Gasteiger charge is -2.22. The Kier molecular flexibility index (Phi) is 7.25. The summed E-state index contributed by atoms with van der Waals surface area (Å²) in [5.41, 5.74) is 0.558. The van der Waals surface area contributed by atoms with E-state index in [1.165, 1.54) is 18.1 Å². The largest absolute Gasteiger partial charge is 0.508 e. The van der Waals surface area contributed by atoms with E-state index in [1.54, 1.807) is 25.3 Å². The zero-order chi connectivity index (χ0) is 15.7. The van der Waals surface area contributed by atoms with Gasteiger partial charge in [-0.05, 0) is 6.07 Å². The highest BCUT2D eigenvalue weighted by atomic mass is 16.5. The first kappa shape index (κ1) is 17.0. The van der Waals surface area contributed by atoms with E-state index < -0.39 is 0 Å². The topological polar surface area (TPSA) is 76.1 Å². The molecule has 1 amide bonds. The molecule has 1 aromatic rings. The van der Waals surface area contributed by atoms with E-state index >= 15 is 0 Å². The SMILES string of the molecule is COCCN(CCC(=O)OC)C(=O)Cc1ccccc1O. The van der Waals surface area contributed by atoms with Crippen molar-refractivity contribution >= 4 is 11.9 Å². The lowest BCUT2D eigenvalue weighted by Crippen LogP contribution is -2.36. The normalized spacial score (nSPS) is 10.2. The molecule has 0 aliphatic heterocycles. The van der Waals surface area contributed by atoms with Gasteiger partial charge in [-0.25, -0.2) is 0 Å². The molecule has 1 aromatic carbocycles. The summed E-state index contributed by atoms with van der Waals surface area (Å²) in [7, 11) is 2.86. The molecule has 6 heteroatoms. The molecular weight excluding hydrogens is 274 g/mol. The number of amides is 1. The molecule has 6 nitrogen and oxygen atoms in total. The van der Waals surface area contributed by atoms with Crippen LogP contribution in [0.3, 0.4) is 0 Å². The number of rotatable bonds is 8. The van der Waals surface area contributed by atoms with Gasteiger partial charge in [-0.2, -0.15) is 0 Å². The Morgan fingerprint density at radius 1 is 1.19 bits per heavy atom. The number of hydrogen-bond donors (Lipinski definition) is 1. The molecule has 0 fully saturated rings. The zero-order valence-corrected chi connectivity index (χ0v) is 12.4. The van der Waals surface area contributed by atoms with Crippen molar-refractivity contribution in [3.63, 3.8) is 0 Å². The molecule has 0 aromatic heterocycles. The van der Waals surface area contributed by atoms with Gasteiger partial charge in [-0.15, -0.1) is 0 Å². The maximum atomic E-state index is 12.3. The number of ether oxygens (including phenoxy) is 2. The Hall–Kier alpha value is -2.08. The van der Waals surface area contributed by atoms with Crippen LogP contribution in [0.25, 0.3) is 0 Å². The number of aromatic hydroxyl groups is 1. The molecule has 0 radical (unpaired) electrons. The van der Waals surface area contributed by atoms with Crippen LogP contribution in [-0.4, -0.2) is 55.8 Å². The predicted molar refractivity (Wildman–Crippen MR) is 76.9 cm³/mol. The van der Waals surface area contributed by atoms with Crippen LogP contribution >= 0.6 is 0 Å². The quantitative estimate of drug-likeness (QED) is 0.723. The first-order valence-corrected chi connectivity index (χ1v) is 6.69. The van der Waals surface area contributed by atoms with Crippen LogP contribution < -0.4 is 0 Å². The van der Waals surface area contributed by atoms with Gasteiger partial charge in [0.1, 0.15) is 5.75 Å². The molecule has 0 saturated heterocycles. The molecule has 0 atom stereocenters. The van der Waals surface area contributed by atoms with E-state index in [9.17, 15) is 14.7 Å². The minimum atomic E-state index is -0.368. The van der Waals surface area contributed by atoms with Gasteiger partial charge in [-0.3, -0.25) is 9.59 Å². The Labute approximate surface area is 124 Å². The minimum absolute atomic E-state index is 0.0809. The number of benzene rings is 1. The van der Waals surface area contributed by atoms with Crippen molar-refractivity contribution in [1.29, 1.82) is 0 Å². The number of nitrogens with zero attached hydrogens (tertiary/aromatic N) is 1. The van der Waals surface area contributed by atoms with Crippen molar-refractivity contribution in [2.24, 2.45) is 0 Å². The first-order valence-electron chi connectivity index (χ1n) is 6.69. The van der Waals surface area contributed by atoms with Crippen LogP contribution in [0.15, 0.2) is 24.3 Å². The van der Waals surface area contributed by atoms with Gasteiger partial charge >= 0.3 is 5.97 Å². The van der Waals surface area contributed by atoms with Crippen LogP contribution in [0.5, 0.6) is 5.75 Å². The van der Waals surface area contributed by atoms with Gasteiger partial charge in [0.15, 0.2) is 0 Å². The lowest BCUT2D eigenvalue weighted by molar-refractivity contribution is -0.141. The number of phenols is 1. The highest BCUT2D eigenvalue weighted by molar-refractivity contribution is 5.80. The van der Waals surface area contributed by atoms with Crippen LogP contribution in [0.4, 0.5) is 0 Å². The molecule has 21 heavy (non-hydrogen) atoms. The molecule has 0 saturated carbocycles. The Balaban J connectivity index is 2.65. The summed E-state index contributed by atoms with van der Waals surface area (Å²) in [5, 5.41) is 9.70. The summed E-state index contributed by atoms with van der Waals surface area (Å²) in [6, 6.07) is 6.69. The Bertz CT molecular complexity index is 475. The van der Waals surface area contributed by atoms with Crippen LogP contribution in [-0.2, 0) is 25.5 Å². The molecular formula is C15H21NO5. The molecule has 116 valence electrons. The third-order valence-corrected chi connectivity index (χ3v) is 3.06. The first-order chi connectivity index (χ1) is 10.1. The summed E-state index contributed by atoms with van der Waals surface area (Å²) >= 11 is 0. The van der Waals surface area contributed by atoms with Gasteiger partial charge in [0.25, 0.3) is 0 Å². The third kappa shape index (κ3) is 5.83. The Morgan fingerprint density at radius 3 is 2.52 bits per heavy atom. The summed E-state index contributed by atoms with van der Waals surface area (Å²) in [4.78, 5) is 25.0. The Morgan fingerprint density at radius 2 is 1.90 bits per heavy atom. The number of phenolic OH excluding ortho intramolecular Hbond substituents is 1. The highest BCUT2D eigenvalue weighted by Gasteiger charge is 2.16. The summed E-state index contributed by atoms with van der Waals surface area (Å²) in [5.74, 6) is -0.448. The van der Waals surface area contributed by atoms with Gasteiger partial charge in [0, 0.05) is 25.8 Å². The zero-order valence-electron chi connectivity index (χ0n) is 12.4. The standard InChI is InChI=1S/C15H21NO5/c1-20-10-9-16(8-7-15(19)21-2)14(18)11-12-5-3-4-6-13(12)17/h3-6,17H,7-11H2,1-2H3. The highest BCUT2D eigenvalue weighted by Crippen LogP contribution is 2.17. The van der Waals surface area contributed by atoms with Crippen molar-refractivity contribution in [3.05, 3.63) is 29.8 Å². The van der Waals surface area contributed by atoms with Crippen molar-refractivity contribution < 1.29 is 24.2 Å². The summed E-state index contributed by atoms with van der Waals surface area (Å²) in [6.07, 6.45) is 0.213. The molecule has 0 aliphatic rings. The van der Waals surface area contributed by atoms with Gasteiger partial charge in [0.2, 0.25) is 5.91 Å².